The molecule has 1 atom stereocenters. The monoisotopic (exact) mass is 489 g/mol. The van der Waals surface area contributed by atoms with E-state index in [9.17, 15) is 13.2 Å². The van der Waals surface area contributed by atoms with Crippen LogP contribution in [0.1, 0.15) is 31.5 Å². The molecule has 1 heterocycles. The van der Waals surface area contributed by atoms with Crippen LogP contribution in [0.5, 0.6) is 5.75 Å². The number of methoxy groups -OCH3 is 1. The van der Waals surface area contributed by atoms with Crippen molar-refractivity contribution in [3.63, 3.8) is 0 Å². The molecule has 0 amide bonds. The molecule has 0 spiro atoms. The van der Waals surface area contributed by atoms with Gasteiger partial charge in [-0.2, -0.15) is 13.2 Å². The number of benzene rings is 2. The second kappa shape index (κ2) is 11.0. The number of aryl methyl sites for hydroxylation is 1. The Hall–Kier alpha value is -2.92. The molecule has 4 nitrogen and oxygen atoms in total. The van der Waals surface area contributed by atoms with Crippen molar-refractivity contribution in [1.82, 2.24) is 4.57 Å². The number of thioether (sulfide) groups is 1. The molecule has 182 valence electrons. The number of hydrogen-bond donors (Lipinski definition) is 2. The van der Waals surface area contributed by atoms with Crippen LogP contribution in [0.2, 0.25) is 0 Å². The van der Waals surface area contributed by atoms with Crippen LogP contribution in [0.4, 0.5) is 24.5 Å². The number of anilines is 2. The quantitative estimate of drug-likeness (QED) is 0.266. The topological polar surface area (TPSA) is 38.2 Å². The van der Waals surface area contributed by atoms with Gasteiger partial charge in [-0.3, -0.25) is 0 Å². The van der Waals surface area contributed by atoms with E-state index in [1.807, 2.05) is 44.4 Å². The summed E-state index contributed by atoms with van der Waals surface area (Å²) in [6.45, 7) is 5.17. The molecule has 0 saturated heterocycles. The van der Waals surface area contributed by atoms with E-state index in [0.717, 1.165) is 33.6 Å². The molecule has 0 aliphatic heterocycles. The number of aromatic nitrogens is 1. The summed E-state index contributed by atoms with van der Waals surface area (Å²) in [6.07, 6.45) is -1.47. The zero-order chi connectivity index (χ0) is 24.9. The first kappa shape index (κ1) is 25.7. The first-order valence-corrected chi connectivity index (χ1v) is 12.3. The Kier molecular flexibility index (Phi) is 8.32. The standard InChI is InChI=1S/C26H30F3N3OS/c1-6-18(3)31-23-12-17(2)13-24-21(23)14-19(32(24)16-26(27,28)29)8-7-11-30-22-10-9-20(34-5)15-25(22)33-4/h9-10,12-15,18,30-31H,6,11,16H2,1-5H3. The van der Waals surface area contributed by atoms with Crippen molar-refractivity contribution < 1.29 is 17.9 Å². The Bertz CT molecular complexity index is 1210. The Morgan fingerprint density at radius 1 is 1.15 bits per heavy atom. The highest BCUT2D eigenvalue weighted by molar-refractivity contribution is 7.98. The third-order valence-electron chi connectivity index (χ3n) is 5.51. The molecule has 34 heavy (non-hydrogen) atoms. The summed E-state index contributed by atoms with van der Waals surface area (Å²) in [7, 11) is 1.60. The van der Waals surface area contributed by atoms with Crippen molar-refractivity contribution in [3.05, 3.63) is 47.7 Å². The number of nitrogens with zero attached hydrogens (tertiary/aromatic N) is 1. The van der Waals surface area contributed by atoms with Gasteiger partial charge in [-0.15, -0.1) is 11.8 Å². The van der Waals surface area contributed by atoms with Crippen LogP contribution in [0.3, 0.4) is 0 Å². The van der Waals surface area contributed by atoms with E-state index < -0.39 is 12.7 Å². The number of hydrogen-bond acceptors (Lipinski definition) is 4. The molecule has 1 aromatic heterocycles. The lowest BCUT2D eigenvalue weighted by Gasteiger charge is -2.16. The molecular formula is C26H30F3N3OS. The number of ether oxygens (including phenoxy) is 1. The van der Waals surface area contributed by atoms with Gasteiger partial charge in [-0.05, 0) is 74.4 Å². The zero-order valence-electron chi connectivity index (χ0n) is 20.1. The van der Waals surface area contributed by atoms with Crippen molar-refractivity contribution >= 4 is 34.0 Å². The van der Waals surface area contributed by atoms with Gasteiger partial charge < -0.3 is 19.9 Å². The fraction of sp³-hybridized carbons (Fsp3) is 0.385. The van der Waals surface area contributed by atoms with Crippen molar-refractivity contribution in [2.45, 2.75) is 50.9 Å². The van der Waals surface area contributed by atoms with E-state index in [0.29, 0.717) is 17.0 Å². The molecule has 0 aliphatic rings. The highest BCUT2D eigenvalue weighted by atomic mass is 32.2. The summed E-state index contributed by atoms with van der Waals surface area (Å²) >= 11 is 1.61. The van der Waals surface area contributed by atoms with Crippen LogP contribution in [0.15, 0.2) is 41.3 Å². The number of alkyl halides is 3. The van der Waals surface area contributed by atoms with E-state index >= 15 is 0 Å². The zero-order valence-corrected chi connectivity index (χ0v) is 20.9. The summed E-state index contributed by atoms with van der Waals surface area (Å²) < 4.78 is 47.0. The largest absolute Gasteiger partial charge is 0.495 e. The maximum atomic E-state index is 13.4. The molecule has 0 fully saturated rings. The van der Waals surface area contributed by atoms with Gasteiger partial charge >= 0.3 is 6.18 Å². The van der Waals surface area contributed by atoms with Gasteiger partial charge in [0.1, 0.15) is 12.3 Å². The SMILES string of the molecule is CCC(C)Nc1cc(C)cc2c1cc(C#CCNc1ccc(SC)cc1OC)n2CC(F)(F)F. The molecule has 1 unspecified atom stereocenters. The molecule has 2 N–H and O–H groups in total. The fourth-order valence-corrected chi connectivity index (χ4v) is 4.09. The summed E-state index contributed by atoms with van der Waals surface area (Å²) in [6, 6.07) is 11.5. The molecule has 3 aromatic rings. The lowest BCUT2D eigenvalue weighted by molar-refractivity contribution is -0.140. The predicted molar refractivity (Wildman–Crippen MR) is 136 cm³/mol. The summed E-state index contributed by atoms with van der Waals surface area (Å²) in [4.78, 5) is 1.07. The Labute approximate surface area is 203 Å². The average molecular weight is 490 g/mol. The highest BCUT2D eigenvalue weighted by Crippen LogP contribution is 2.32. The van der Waals surface area contributed by atoms with E-state index in [-0.39, 0.29) is 12.6 Å². The smallest absolute Gasteiger partial charge is 0.406 e. The minimum Gasteiger partial charge on any atom is -0.495 e. The Balaban J connectivity index is 1.95. The van der Waals surface area contributed by atoms with Crippen LogP contribution in [-0.2, 0) is 6.54 Å². The second-order valence-electron chi connectivity index (χ2n) is 8.15. The number of rotatable bonds is 8. The number of nitrogens with one attached hydrogen (secondary N) is 2. The second-order valence-corrected chi connectivity index (χ2v) is 9.03. The third-order valence-corrected chi connectivity index (χ3v) is 6.23. The summed E-state index contributed by atoms with van der Waals surface area (Å²) in [5, 5.41) is 7.35. The molecule has 0 saturated carbocycles. The molecule has 0 radical (unpaired) electrons. The maximum absolute atomic E-state index is 13.4. The van der Waals surface area contributed by atoms with E-state index in [2.05, 4.69) is 29.4 Å². The van der Waals surface area contributed by atoms with Crippen LogP contribution in [0.25, 0.3) is 10.9 Å². The Morgan fingerprint density at radius 2 is 1.91 bits per heavy atom. The van der Waals surface area contributed by atoms with Gasteiger partial charge in [0.2, 0.25) is 0 Å². The van der Waals surface area contributed by atoms with Gasteiger partial charge in [0.25, 0.3) is 0 Å². The molecule has 0 aliphatic carbocycles. The maximum Gasteiger partial charge on any atom is 0.406 e. The lowest BCUT2D eigenvalue weighted by atomic mass is 10.1. The highest BCUT2D eigenvalue weighted by Gasteiger charge is 2.30. The normalized spacial score (nSPS) is 12.2. The van der Waals surface area contributed by atoms with E-state index in [1.54, 1.807) is 31.0 Å². The van der Waals surface area contributed by atoms with Gasteiger partial charge in [0.15, 0.2) is 0 Å². The summed E-state index contributed by atoms with van der Waals surface area (Å²) in [5.74, 6) is 6.61. The van der Waals surface area contributed by atoms with Crippen LogP contribution in [-0.4, -0.2) is 36.7 Å². The fourth-order valence-electron chi connectivity index (χ4n) is 3.66. The van der Waals surface area contributed by atoms with E-state index in [4.69, 9.17) is 4.74 Å². The molecule has 2 aromatic carbocycles. The van der Waals surface area contributed by atoms with Gasteiger partial charge in [0.05, 0.1) is 30.6 Å². The molecule has 8 heteroatoms. The number of halogens is 3. The molecular weight excluding hydrogens is 459 g/mol. The van der Waals surface area contributed by atoms with Crippen LogP contribution < -0.4 is 15.4 Å². The van der Waals surface area contributed by atoms with Crippen molar-refractivity contribution in [1.29, 1.82) is 0 Å². The first-order chi connectivity index (χ1) is 16.1. The first-order valence-electron chi connectivity index (χ1n) is 11.1. The summed E-state index contributed by atoms with van der Waals surface area (Å²) in [5.41, 5.74) is 3.35. The van der Waals surface area contributed by atoms with Gasteiger partial charge in [-0.25, -0.2) is 0 Å². The minimum absolute atomic E-state index is 0.196. The lowest BCUT2D eigenvalue weighted by Crippen LogP contribution is -2.18. The minimum atomic E-state index is -4.36. The Morgan fingerprint density at radius 3 is 2.56 bits per heavy atom. The average Bonchev–Trinajstić information content (AvgIpc) is 3.12. The van der Waals surface area contributed by atoms with E-state index in [1.165, 1.54) is 4.57 Å². The van der Waals surface area contributed by atoms with Crippen molar-refractivity contribution in [2.24, 2.45) is 0 Å². The molecule has 0 bridgehead atoms. The van der Waals surface area contributed by atoms with Gasteiger partial charge in [0, 0.05) is 22.0 Å². The van der Waals surface area contributed by atoms with Gasteiger partial charge in [-0.1, -0.05) is 12.8 Å². The molecule has 3 rings (SSSR count). The van der Waals surface area contributed by atoms with Crippen molar-refractivity contribution in [3.8, 4) is 17.6 Å². The number of fused-ring (bicyclic) bond motifs is 1. The predicted octanol–water partition coefficient (Wildman–Crippen LogP) is 6.92. The third kappa shape index (κ3) is 6.35. The van der Waals surface area contributed by atoms with Crippen LogP contribution in [0, 0.1) is 18.8 Å². The van der Waals surface area contributed by atoms with Crippen LogP contribution >= 0.6 is 11.8 Å². The van der Waals surface area contributed by atoms with Crippen molar-refractivity contribution in [2.75, 3.05) is 30.5 Å².